The molecule has 1 aromatic carbocycles. The molecule has 6 N–H and O–H groups in total. The van der Waals surface area contributed by atoms with Gasteiger partial charge in [0.05, 0.1) is 37.9 Å². The maximum atomic E-state index is 14.0. The first kappa shape index (κ1) is 34.9. The van der Waals surface area contributed by atoms with Crippen molar-refractivity contribution in [2.45, 2.75) is 87.4 Å². The molecule has 16 heteroatoms. The van der Waals surface area contributed by atoms with Gasteiger partial charge in [0.15, 0.2) is 11.5 Å². The highest BCUT2D eigenvalue weighted by atomic mass is 16.7. The van der Waals surface area contributed by atoms with Crippen LogP contribution in [-0.4, -0.2) is 135 Å². The quantitative estimate of drug-likeness (QED) is 0.140. The van der Waals surface area contributed by atoms with Gasteiger partial charge in [-0.2, -0.15) is 0 Å². The van der Waals surface area contributed by atoms with Gasteiger partial charge in [-0.15, -0.1) is 0 Å². The van der Waals surface area contributed by atoms with Gasteiger partial charge in [-0.3, -0.25) is 4.79 Å². The van der Waals surface area contributed by atoms with E-state index in [0.29, 0.717) is 5.57 Å². The van der Waals surface area contributed by atoms with Crippen LogP contribution in [-0.2, 0) is 42.8 Å². The van der Waals surface area contributed by atoms with Gasteiger partial charge >= 0.3 is 17.9 Å². The summed E-state index contributed by atoms with van der Waals surface area (Å²) < 4.78 is 34.4. The first-order chi connectivity index (χ1) is 23.7. The Kier molecular flexibility index (Phi) is 8.42. The first-order valence-corrected chi connectivity index (χ1v) is 16.4. The summed E-state index contributed by atoms with van der Waals surface area (Å²) in [6.45, 7) is 2.28. The minimum atomic E-state index is -2.34. The molecule has 2 saturated carbocycles. The van der Waals surface area contributed by atoms with Gasteiger partial charge in [0.25, 0.3) is 0 Å². The maximum Gasteiger partial charge on any atom is 0.348 e. The normalized spacial score (nSPS) is 46.3. The summed E-state index contributed by atoms with van der Waals surface area (Å²) in [5, 5.41) is 64.6. The lowest BCUT2D eigenvalue weighted by molar-refractivity contribution is -0.295. The van der Waals surface area contributed by atoms with Crippen molar-refractivity contribution < 1.29 is 78.2 Å². The molecule has 1 aromatic rings. The zero-order chi connectivity index (χ0) is 36.1. The molecule has 6 aliphatic rings. The van der Waals surface area contributed by atoms with E-state index < -0.39 is 120 Å². The zero-order valence-electron chi connectivity index (χ0n) is 27.4. The molecular weight excluding hydrogens is 664 g/mol. The molecule has 3 aliphatic heterocycles. The van der Waals surface area contributed by atoms with E-state index in [-0.39, 0.29) is 30.8 Å². The fraction of sp³-hybridized carbons (Fsp3) is 0.647. The van der Waals surface area contributed by atoms with Gasteiger partial charge < -0.3 is 59.1 Å². The Hall–Kier alpha value is -3.48. The van der Waals surface area contributed by atoms with Gasteiger partial charge in [-0.1, -0.05) is 25.1 Å². The number of benzene rings is 1. The maximum absolute atomic E-state index is 14.0. The number of ketones is 1. The summed E-state index contributed by atoms with van der Waals surface area (Å²) in [7, 11) is 1.06. The minimum absolute atomic E-state index is 0.0265. The van der Waals surface area contributed by atoms with Crippen molar-refractivity contribution in [1.82, 2.24) is 0 Å². The summed E-state index contributed by atoms with van der Waals surface area (Å²) in [6.07, 6.45) is -15.0. The predicted octanol–water partition coefficient (Wildman–Crippen LogP) is -1.88. The average molecular weight is 705 g/mol. The van der Waals surface area contributed by atoms with Crippen LogP contribution in [0, 0.1) is 28.6 Å². The van der Waals surface area contributed by atoms with E-state index in [1.165, 1.54) is 12.1 Å². The van der Waals surface area contributed by atoms with E-state index in [1.807, 2.05) is 0 Å². The number of allylic oxidation sites excluding steroid dienone is 2. The Labute approximate surface area is 285 Å². The molecule has 50 heavy (non-hydrogen) atoms. The molecule has 0 amide bonds. The van der Waals surface area contributed by atoms with Crippen molar-refractivity contribution in [2.75, 3.05) is 20.3 Å². The van der Waals surface area contributed by atoms with Crippen molar-refractivity contribution in [3.05, 3.63) is 47.2 Å². The van der Waals surface area contributed by atoms with Crippen LogP contribution >= 0.6 is 0 Å². The van der Waals surface area contributed by atoms with Crippen LogP contribution in [0.2, 0.25) is 0 Å². The Morgan fingerprint density at radius 3 is 2.34 bits per heavy atom. The van der Waals surface area contributed by atoms with Crippen molar-refractivity contribution in [1.29, 1.82) is 0 Å². The molecule has 16 nitrogen and oxygen atoms in total. The van der Waals surface area contributed by atoms with Gasteiger partial charge in [0, 0.05) is 17.8 Å². The number of carbonyl (C=O) groups is 4. The highest BCUT2D eigenvalue weighted by Gasteiger charge is 2.85. The molecule has 2 bridgehead atoms. The van der Waals surface area contributed by atoms with Crippen LogP contribution < -0.4 is 0 Å². The molecule has 3 heterocycles. The van der Waals surface area contributed by atoms with Crippen LogP contribution in [0.5, 0.6) is 0 Å². The fourth-order valence-electron chi connectivity index (χ4n) is 10.0. The molecule has 0 radical (unpaired) electrons. The molecule has 7 rings (SSSR count). The topological polar surface area (TPSA) is 245 Å². The highest BCUT2D eigenvalue weighted by Crippen LogP contribution is 2.73. The number of aliphatic hydroxyl groups is 6. The number of aliphatic hydroxyl groups excluding tert-OH is 6. The summed E-state index contributed by atoms with van der Waals surface area (Å²) in [4.78, 5) is 54.8. The largest absolute Gasteiger partial charge is 0.467 e. The number of hydrogen-bond acceptors (Lipinski definition) is 16. The second kappa shape index (κ2) is 12.1. The summed E-state index contributed by atoms with van der Waals surface area (Å²) in [6, 6.07) is 7.81. The Balaban J connectivity index is 1.31. The lowest BCUT2D eigenvalue weighted by Crippen LogP contribution is -2.79. The molecular formula is C34H40O16. The number of methoxy groups -OCH3 is 1. The highest BCUT2D eigenvalue weighted by molar-refractivity contribution is 5.96. The van der Waals surface area contributed by atoms with E-state index in [9.17, 15) is 49.8 Å². The Bertz CT molecular complexity index is 1610. The lowest BCUT2D eigenvalue weighted by atomic mass is 9.38. The van der Waals surface area contributed by atoms with Crippen LogP contribution in [0.25, 0.3) is 0 Å². The number of Topliss-reactive ketones (excluding diaryl/α,β-unsaturated/α-hetero) is 1. The molecule has 15 atom stereocenters. The third-order valence-corrected chi connectivity index (χ3v) is 12.1. The smallest absolute Gasteiger partial charge is 0.348 e. The van der Waals surface area contributed by atoms with E-state index in [0.717, 1.165) is 7.11 Å². The van der Waals surface area contributed by atoms with Crippen molar-refractivity contribution in [3.63, 3.8) is 0 Å². The summed E-state index contributed by atoms with van der Waals surface area (Å²) in [5.41, 5.74) is -4.56. The molecule has 3 aliphatic carbocycles. The standard InChI is InChI=1S/C34H40O16/c1-13-15-9-18-33-12-46-34(31(44)45-3,26(33)24(29(43)48-18)49-28(42)14-7-5-4-6-8-14)27(41)22(40)25(33)32(15,2)10-16(36)23(13)50-30-21(39)20(38)19(37)17(11-35)47-30/h4-8,15,17-22,24-27,30,35,37-41H,9-12H2,1-3H3/t15-,17+,18+,19+,20-,21+,22+,24+,25?,26+,27-,30-,32-,33+,34-/m0/s1. The van der Waals surface area contributed by atoms with E-state index in [2.05, 4.69) is 0 Å². The lowest BCUT2D eigenvalue weighted by Gasteiger charge is -2.67. The molecule has 1 spiro atoms. The monoisotopic (exact) mass is 704 g/mol. The third-order valence-electron chi connectivity index (χ3n) is 12.1. The average Bonchev–Trinajstić information content (AvgIpc) is 3.41. The van der Waals surface area contributed by atoms with Crippen molar-refractivity contribution >= 4 is 23.7 Å². The van der Waals surface area contributed by atoms with Crippen LogP contribution in [0.3, 0.4) is 0 Å². The Morgan fingerprint density at radius 2 is 1.68 bits per heavy atom. The molecule has 1 unspecified atom stereocenters. The van der Waals surface area contributed by atoms with Crippen LogP contribution in [0.1, 0.15) is 37.0 Å². The number of ether oxygens (including phenoxy) is 6. The van der Waals surface area contributed by atoms with Gasteiger partial charge in [0.1, 0.15) is 36.6 Å². The third kappa shape index (κ3) is 4.52. The van der Waals surface area contributed by atoms with Crippen LogP contribution in [0.15, 0.2) is 41.7 Å². The van der Waals surface area contributed by atoms with Crippen molar-refractivity contribution in [3.8, 4) is 0 Å². The van der Waals surface area contributed by atoms with E-state index in [4.69, 9.17) is 28.4 Å². The number of hydrogen-bond donors (Lipinski definition) is 6. The number of esters is 3. The number of carbonyl (C=O) groups excluding carboxylic acids is 4. The number of fused-ring (bicyclic) bond motifs is 2. The second-order valence-corrected chi connectivity index (χ2v) is 14.4. The second-order valence-electron chi connectivity index (χ2n) is 14.4. The molecule has 272 valence electrons. The number of rotatable bonds is 6. The summed E-state index contributed by atoms with van der Waals surface area (Å²) in [5.74, 6) is -6.96. The van der Waals surface area contributed by atoms with Crippen LogP contribution in [0.4, 0.5) is 0 Å². The van der Waals surface area contributed by atoms with Gasteiger partial charge in [0.2, 0.25) is 18.0 Å². The predicted molar refractivity (Wildman–Crippen MR) is 161 cm³/mol. The molecule has 5 fully saturated rings. The minimum Gasteiger partial charge on any atom is -0.467 e. The molecule has 0 aromatic heterocycles. The van der Waals surface area contributed by atoms with Gasteiger partial charge in [-0.25, -0.2) is 14.4 Å². The van der Waals surface area contributed by atoms with Gasteiger partial charge in [-0.05, 0) is 42.4 Å². The van der Waals surface area contributed by atoms with Crippen molar-refractivity contribution in [2.24, 2.45) is 28.6 Å². The fourth-order valence-corrected chi connectivity index (χ4v) is 10.0. The molecule has 3 saturated heterocycles. The van der Waals surface area contributed by atoms with E-state index >= 15 is 0 Å². The first-order valence-electron chi connectivity index (χ1n) is 16.4. The zero-order valence-corrected chi connectivity index (χ0v) is 27.4. The summed E-state index contributed by atoms with van der Waals surface area (Å²) >= 11 is 0. The van der Waals surface area contributed by atoms with E-state index in [1.54, 1.807) is 32.0 Å². The SMILES string of the molecule is COC(=O)[C@@]12OC[C@]34C([C@@H](O)[C@@H]1O)[C@@]1(C)CC(=O)C(O[C@@H]5O[C@H](CO)[C@@H](O)[C@H](O)[C@H]5O)=C(C)[C@@H]1C[C@H]3OC(=O)[C@H](OC(=O)c1ccccc1)[C@@H]24. The Morgan fingerprint density at radius 1 is 0.980 bits per heavy atom.